The van der Waals surface area contributed by atoms with Gasteiger partial charge in [0.25, 0.3) is 0 Å². The van der Waals surface area contributed by atoms with Crippen LogP contribution in [0.4, 0.5) is 4.39 Å². The van der Waals surface area contributed by atoms with Crippen molar-refractivity contribution in [1.82, 2.24) is 15.1 Å². The first-order chi connectivity index (χ1) is 14.8. The van der Waals surface area contributed by atoms with Gasteiger partial charge in [0.2, 0.25) is 11.8 Å². The van der Waals surface area contributed by atoms with E-state index in [1.807, 2.05) is 0 Å². The standard InChI is InChI=1S/C22H30FN3O4S/c23-18-7-5-16(6-8-18)12-21(27)26-11-3-4-17(13-26)22(28)24-19-14-31(29,30)15-20(19)25-9-1-2-10-25/h5-8,17,19-20H,1-4,9-15H2,(H,24,28). The minimum absolute atomic E-state index is 0.0140. The summed E-state index contributed by atoms with van der Waals surface area (Å²) < 4.78 is 37.6. The van der Waals surface area contributed by atoms with Gasteiger partial charge in [0.1, 0.15) is 5.82 Å². The highest BCUT2D eigenvalue weighted by Gasteiger charge is 2.43. The number of nitrogens with one attached hydrogen (secondary N) is 1. The minimum atomic E-state index is -3.17. The van der Waals surface area contributed by atoms with E-state index in [0.717, 1.165) is 37.9 Å². The summed E-state index contributed by atoms with van der Waals surface area (Å²) in [5, 5.41) is 3.01. The van der Waals surface area contributed by atoms with Crippen LogP contribution in [0.1, 0.15) is 31.2 Å². The zero-order chi connectivity index (χ0) is 22.0. The molecule has 0 spiro atoms. The van der Waals surface area contributed by atoms with E-state index in [9.17, 15) is 22.4 Å². The number of benzene rings is 1. The predicted octanol–water partition coefficient (Wildman–Crippen LogP) is 0.984. The highest BCUT2D eigenvalue weighted by molar-refractivity contribution is 7.91. The monoisotopic (exact) mass is 451 g/mol. The molecule has 3 aliphatic rings. The summed E-state index contributed by atoms with van der Waals surface area (Å²) in [7, 11) is -3.17. The smallest absolute Gasteiger partial charge is 0.227 e. The van der Waals surface area contributed by atoms with E-state index in [1.165, 1.54) is 12.1 Å². The number of nitrogens with zero attached hydrogens (tertiary/aromatic N) is 2. The summed E-state index contributed by atoms with van der Waals surface area (Å²) in [5.74, 6) is -0.835. The summed E-state index contributed by atoms with van der Waals surface area (Å²) >= 11 is 0. The maximum Gasteiger partial charge on any atom is 0.227 e. The first-order valence-corrected chi connectivity index (χ1v) is 12.9. The lowest BCUT2D eigenvalue weighted by Crippen LogP contribution is -2.53. The molecule has 3 atom stereocenters. The van der Waals surface area contributed by atoms with E-state index in [2.05, 4.69) is 10.2 Å². The number of likely N-dealkylation sites (tertiary alicyclic amines) is 2. The summed E-state index contributed by atoms with van der Waals surface area (Å²) in [6, 6.07) is 5.32. The van der Waals surface area contributed by atoms with Crippen molar-refractivity contribution in [2.45, 2.75) is 44.2 Å². The lowest BCUT2D eigenvalue weighted by atomic mass is 9.95. The fourth-order valence-electron chi connectivity index (χ4n) is 5.01. The van der Waals surface area contributed by atoms with Crippen LogP contribution in [0.25, 0.3) is 0 Å². The Balaban J connectivity index is 1.35. The molecule has 0 aliphatic carbocycles. The largest absolute Gasteiger partial charge is 0.350 e. The van der Waals surface area contributed by atoms with Crippen LogP contribution in [-0.2, 0) is 25.8 Å². The van der Waals surface area contributed by atoms with E-state index < -0.39 is 9.84 Å². The number of carbonyl (C=O) groups is 2. The quantitative estimate of drug-likeness (QED) is 0.721. The molecule has 3 unspecified atom stereocenters. The molecule has 4 rings (SSSR count). The number of rotatable bonds is 5. The molecule has 3 fully saturated rings. The van der Waals surface area contributed by atoms with Gasteiger partial charge in [-0.15, -0.1) is 0 Å². The van der Waals surface area contributed by atoms with Crippen molar-refractivity contribution in [3.05, 3.63) is 35.6 Å². The number of carbonyl (C=O) groups excluding carboxylic acids is 2. The normalized spacial score (nSPS) is 28.5. The zero-order valence-electron chi connectivity index (χ0n) is 17.6. The topological polar surface area (TPSA) is 86.8 Å². The van der Waals surface area contributed by atoms with Gasteiger partial charge < -0.3 is 10.2 Å². The van der Waals surface area contributed by atoms with Crippen molar-refractivity contribution in [3.63, 3.8) is 0 Å². The number of sulfone groups is 1. The Morgan fingerprint density at radius 1 is 1.03 bits per heavy atom. The number of hydrogen-bond acceptors (Lipinski definition) is 5. The van der Waals surface area contributed by atoms with E-state index in [4.69, 9.17) is 0 Å². The molecular formula is C22H30FN3O4S. The summed E-state index contributed by atoms with van der Waals surface area (Å²) in [5.41, 5.74) is 0.739. The van der Waals surface area contributed by atoms with Crippen LogP contribution in [0.15, 0.2) is 24.3 Å². The summed E-state index contributed by atoms with van der Waals surface area (Å²) in [6.45, 7) is 2.68. The average Bonchev–Trinajstić information content (AvgIpc) is 3.37. The number of piperidine rings is 1. The molecule has 3 aliphatic heterocycles. The van der Waals surface area contributed by atoms with Crippen LogP contribution in [0, 0.1) is 11.7 Å². The van der Waals surface area contributed by atoms with E-state index in [-0.39, 0.29) is 53.6 Å². The van der Waals surface area contributed by atoms with Crippen molar-refractivity contribution in [2.75, 3.05) is 37.7 Å². The zero-order valence-corrected chi connectivity index (χ0v) is 18.4. The van der Waals surface area contributed by atoms with Gasteiger partial charge in [-0.1, -0.05) is 12.1 Å². The fourth-order valence-corrected chi connectivity index (χ4v) is 6.96. The van der Waals surface area contributed by atoms with Gasteiger partial charge in [0, 0.05) is 19.1 Å². The Morgan fingerprint density at radius 3 is 2.45 bits per heavy atom. The molecule has 9 heteroatoms. The predicted molar refractivity (Wildman–Crippen MR) is 115 cm³/mol. The molecule has 0 aromatic heterocycles. The second kappa shape index (κ2) is 9.24. The van der Waals surface area contributed by atoms with Crippen LogP contribution in [0.5, 0.6) is 0 Å². The van der Waals surface area contributed by atoms with Crippen LogP contribution in [-0.4, -0.2) is 79.8 Å². The van der Waals surface area contributed by atoms with Gasteiger partial charge in [-0.05, 0) is 56.5 Å². The van der Waals surface area contributed by atoms with Gasteiger partial charge >= 0.3 is 0 Å². The summed E-state index contributed by atoms with van der Waals surface area (Å²) in [6.07, 6.45) is 3.70. The van der Waals surface area contributed by atoms with Crippen LogP contribution >= 0.6 is 0 Å². The van der Waals surface area contributed by atoms with Crippen molar-refractivity contribution in [2.24, 2.45) is 5.92 Å². The molecule has 170 valence electrons. The number of hydrogen-bond donors (Lipinski definition) is 1. The Kier molecular flexibility index (Phi) is 6.62. The maximum atomic E-state index is 13.1. The van der Waals surface area contributed by atoms with Crippen LogP contribution in [0.2, 0.25) is 0 Å². The van der Waals surface area contributed by atoms with Gasteiger partial charge in [-0.2, -0.15) is 0 Å². The third-order valence-electron chi connectivity index (χ3n) is 6.67. The number of amides is 2. The van der Waals surface area contributed by atoms with Gasteiger partial charge in [-0.3, -0.25) is 14.5 Å². The highest BCUT2D eigenvalue weighted by Crippen LogP contribution is 2.24. The third kappa shape index (κ3) is 5.44. The van der Waals surface area contributed by atoms with Crippen molar-refractivity contribution < 1.29 is 22.4 Å². The molecule has 1 aromatic carbocycles. The van der Waals surface area contributed by atoms with Crippen LogP contribution < -0.4 is 5.32 Å². The molecule has 1 N–H and O–H groups in total. The molecule has 0 bridgehead atoms. The molecule has 1 aromatic rings. The van der Waals surface area contributed by atoms with Crippen molar-refractivity contribution >= 4 is 21.7 Å². The molecule has 2 amide bonds. The Hall–Kier alpha value is -2.00. The maximum absolute atomic E-state index is 13.1. The first-order valence-electron chi connectivity index (χ1n) is 11.1. The van der Waals surface area contributed by atoms with Gasteiger partial charge in [0.05, 0.1) is 29.9 Å². The van der Waals surface area contributed by atoms with Gasteiger partial charge in [-0.25, -0.2) is 12.8 Å². The van der Waals surface area contributed by atoms with E-state index >= 15 is 0 Å². The van der Waals surface area contributed by atoms with Crippen LogP contribution in [0.3, 0.4) is 0 Å². The molecule has 0 radical (unpaired) electrons. The molecular weight excluding hydrogens is 421 g/mol. The third-order valence-corrected chi connectivity index (χ3v) is 8.39. The summed E-state index contributed by atoms with van der Waals surface area (Å²) in [4.78, 5) is 29.6. The second-order valence-electron chi connectivity index (χ2n) is 8.98. The molecule has 3 saturated heterocycles. The lowest BCUT2D eigenvalue weighted by Gasteiger charge is -2.34. The highest BCUT2D eigenvalue weighted by atomic mass is 32.2. The Morgan fingerprint density at radius 2 is 1.74 bits per heavy atom. The second-order valence-corrected chi connectivity index (χ2v) is 11.1. The Bertz CT molecular complexity index is 915. The fraction of sp³-hybridized carbons (Fsp3) is 0.636. The molecule has 0 saturated carbocycles. The molecule has 7 nitrogen and oxygen atoms in total. The number of halogens is 1. The average molecular weight is 452 g/mol. The SMILES string of the molecule is O=C(NC1CS(=O)(=O)CC1N1CCCC1)C1CCCN(C(=O)Cc2ccc(F)cc2)C1. The Labute approximate surface area is 182 Å². The van der Waals surface area contributed by atoms with Crippen molar-refractivity contribution in [1.29, 1.82) is 0 Å². The minimum Gasteiger partial charge on any atom is -0.350 e. The first kappa shape index (κ1) is 22.2. The molecule has 31 heavy (non-hydrogen) atoms. The lowest BCUT2D eigenvalue weighted by molar-refractivity contribution is -0.135. The van der Waals surface area contributed by atoms with Gasteiger partial charge in [0.15, 0.2) is 9.84 Å². The molecule has 3 heterocycles. The van der Waals surface area contributed by atoms with E-state index in [0.29, 0.717) is 19.5 Å². The van der Waals surface area contributed by atoms with E-state index in [1.54, 1.807) is 17.0 Å². The van der Waals surface area contributed by atoms with Crippen molar-refractivity contribution in [3.8, 4) is 0 Å².